The highest BCUT2D eigenvalue weighted by Gasteiger charge is 2.16. The zero-order valence-electron chi connectivity index (χ0n) is 8.13. The number of hydrogen-bond acceptors (Lipinski definition) is 2. The first-order chi connectivity index (χ1) is 5.09. The van der Waals surface area contributed by atoms with Crippen molar-refractivity contribution in [3.05, 3.63) is 0 Å². The van der Waals surface area contributed by atoms with E-state index >= 15 is 0 Å². The summed E-state index contributed by atoms with van der Waals surface area (Å²) in [6, 6.07) is 0.349. The van der Waals surface area contributed by atoms with E-state index in [0.717, 1.165) is 5.92 Å². The molecule has 0 heterocycles. The lowest BCUT2D eigenvalue weighted by Crippen LogP contribution is -2.30. The average Bonchev–Trinajstić information content (AvgIpc) is 1.87. The fourth-order valence-corrected chi connectivity index (χ4v) is 1.97. The Morgan fingerprint density at radius 3 is 2.09 bits per heavy atom. The molecular weight excluding hydrogens is 154 g/mol. The van der Waals surface area contributed by atoms with Gasteiger partial charge in [-0.25, -0.2) is 0 Å². The molecule has 0 fully saturated rings. The van der Waals surface area contributed by atoms with E-state index in [4.69, 9.17) is 5.73 Å². The van der Waals surface area contributed by atoms with Crippen LogP contribution < -0.4 is 5.73 Å². The predicted octanol–water partition coefficient (Wildman–Crippen LogP) is 2.36. The van der Waals surface area contributed by atoms with Crippen molar-refractivity contribution in [2.75, 3.05) is 12.0 Å². The standard InChI is InChI=1S/C9H21NS/c1-7(2)9(8(3)10)5-6-11-4/h7-9H,5-6,10H2,1-4H3. The van der Waals surface area contributed by atoms with Gasteiger partial charge in [0.2, 0.25) is 0 Å². The van der Waals surface area contributed by atoms with Gasteiger partial charge in [-0.05, 0) is 37.2 Å². The second-order valence-corrected chi connectivity index (χ2v) is 4.53. The molecular formula is C9H21NS. The van der Waals surface area contributed by atoms with E-state index in [1.165, 1.54) is 12.2 Å². The van der Waals surface area contributed by atoms with Crippen LogP contribution in [0.3, 0.4) is 0 Å². The minimum absolute atomic E-state index is 0.349. The van der Waals surface area contributed by atoms with E-state index in [0.29, 0.717) is 12.0 Å². The zero-order chi connectivity index (χ0) is 8.85. The van der Waals surface area contributed by atoms with Crippen molar-refractivity contribution in [3.8, 4) is 0 Å². The first-order valence-electron chi connectivity index (χ1n) is 4.34. The lowest BCUT2D eigenvalue weighted by atomic mass is 9.88. The molecule has 0 aromatic heterocycles. The lowest BCUT2D eigenvalue weighted by Gasteiger charge is -2.24. The van der Waals surface area contributed by atoms with Crippen molar-refractivity contribution in [1.29, 1.82) is 0 Å². The summed E-state index contributed by atoms with van der Waals surface area (Å²) in [4.78, 5) is 0. The third kappa shape index (κ3) is 4.70. The Kier molecular flexibility index (Phi) is 6.06. The molecule has 0 aromatic carbocycles. The molecule has 0 aromatic rings. The van der Waals surface area contributed by atoms with E-state index in [-0.39, 0.29) is 0 Å². The molecule has 1 nitrogen and oxygen atoms in total. The number of rotatable bonds is 5. The van der Waals surface area contributed by atoms with Crippen molar-refractivity contribution >= 4 is 11.8 Å². The molecule has 0 aliphatic heterocycles. The van der Waals surface area contributed by atoms with E-state index in [1.54, 1.807) is 0 Å². The molecule has 2 unspecified atom stereocenters. The van der Waals surface area contributed by atoms with Crippen LogP contribution in [-0.2, 0) is 0 Å². The predicted molar refractivity (Wildman–Crippen MR) is 55.0 cm³/mol. The van der Waals surface area contributed by atoms with E-state index in [2.05, 4.69) is 27.0 Å². The molecule has 0 spiro atoms. The second kappa shape index (κ2) is 5.90. The van der Waals surface area contributed by atoms with Crippen LogP contribution in [0.1, 0.15) is 27.2 Å². The van der Waals surface area contributed by atoms with Crippen LogP contribution in [0, 0.1) is 11.8 Å². The van der Waals surface area contributed by atoms with Crippen LogP contribution in [0.15, 0.2) is 0 Å². The molecule has 0 amide bonds. The smallest absolute Gasteiger partial charge is 0.00414 e. The molecule has 2 atom stereocenters. The fourth-order valence-electron chi connectivity index (χ4n) is 1.46. The Balaban J connectivity index is 3.70. The van der Waals surface area contributed by atoms with Gasteiger partial charge >= 0.3 is 0 Å². The number of thioether (sulfide) groups is 1. The zero-order valence-corrected chi connectivity index (χ0v) is 8.95. The van der Waals surface area contributed by atoms with E-state index in [9.17, 15) is 0 Å². The summed E-state index contributed by atoms with van der Waals surface area (Å²) in [5.41, 5.74) is 5.87. The minimum Gasteiger partial charge on any atom is -0.328 e. The SMILES string of the molecule is CSCCC(C(C)C)C(C)N. The molecule has 0 aliphatic rings. The first-order valence-corrected chi connectivity index (χ1v) is 5.73. The van der Waals surface area contributed by atoms with Gasteiger partial charge < -0.3 is 5.73 Å². The maximum Gasteiger partial charge on any atom is 0.00414 e. The second-order valence-electron chi connectivity index (χ2n) is 3.55. The minimum atomic E-state index is 0.349. The third-order valence-electron chi connectivity index (χ3n) is 2.19. The highest BCUT2D eigenvalue weighted by molar-refractivity contribution is 7.98. The summed E-state index contributed by atoms with van der Waals surface area (Å²) < 4.78 is 0. The quantitative estimate of drug-likeness (QED) is 0.694. The molecule has 0 saturated heterocycles. The molecule has 0 saturated carbocycles. The molecule has 2 N–H and O–H groups in total. The van der Waals surface area contributed by atoms with Crippen LogP contribution in [0.5, 0.6) is 0 Å². The van der Waals surface area contributed by atoms with Gasteiger partial charge in [-0.15, -0.1) is 0 Å². The molecule has 0 rings (SSSR count). The Bertz CT molecular complexity index is 83.6. The summed E-state index contributed by atoms with van der Waals surface area (Å²) >= 11 is 1.91. The average molecular weight is 175 g/mol. The topological polar surface area (TPSA) is 26.0 Å². The van der Waals surface area contributed by atoms with Gasteiger partial charge in [-0.2, -0.15) is 11.8 Å². The third-order valence-corrected chi connectivity index (χ3v) is 2.83. The van der Waals surface area contributed by atoms with Crippen molar-refractivity contribution in [2.24, 2.45) is 17.6 Å². The summed E-state index contributed by atoms with van der Waals surface area (Å²) in [7, 11) is 0. The van der Waals surface area contributed by atoms with E-state index in [1.807, 2.05) is 11.8 Å². The fraction of sp³-hybridized carbons (Fsp3) is 1.00. The molecule has 2 heteroatoms. The van der Waals surface area contributed by atoms with Crippen LogP contribution in [0.25, 0.3) is 0 Å². The summed E-state index contributed by atoms with van der Waals surface area (Å²) in [5.74, 6) is 2.66. The highest BCUT2D eigenvalue weighted by Crippen LogP contribution is 2.19. The van der Waals surface area contributed by atoms with E-state index < -0.39 is 0 Å². The molecule has 0 bridgehead atoms. The number of hydrogen-bond donors (Lipinski definition) is 1. The summed E-state index contributed by atoms with van der Waals surface area (Å²) in [5, 5.41) is 0. The van der Waals surface area contributed by atoms with Crippen molar-refractivity contribution < 1.29 is 0 Å². The van der Waals surface area contributed by atoms with Gasteiger partial charge in [0.25, 0.3) is 0 Å². The molecule has 0 radical (unpaired) electrons. The van der Waals surface area contributed by atoms with Crippen molar-refractivity contribution in [2.45, 2.75) is 33.2 Å². The lowest BCUT2D eigenvalue weighted by molar-refractivity contribution is 0.324. The van der Waals surface area contributed by atoms with Gasteiger partial charge in [0.1, 0.15) is 0 Å². The molecule has 11 heavy (non-hydrogen) atoms. The van der Waals surface area contributed by atoms with Crippen LogP contribution in [0.4, 0.5) is 0 Å². The van der Waals surface area contributed by atoms with Crippen molar-refractivity contribution in [1.82, 2.24) is 0 Å². The first kappa shape index (κ1) is 11.3. The van der Waals surface area contributed by atoms with Gasteiger partial charge in [-0.3, -0.25) is 0 Å². The number of nitrogens with two attached hydrogens (primary N) is 1. The largest absolute Gasteiger partial charge is 0.328 e. The summed E-state index contributed by atoms with van der Waals surface area (Å²) in [6.07, 6.45) is 3.41. The van der Waals surface area contributed by atoms with Crippen LogP contribution in [0.2, 0.25) is 0 Å². The van der Waals surface area contributed by atoms with Crippen LogP contribution in [-0.4, -0.2) is 18.1 Å². The van der Waals surface area contributed by atoms with Crippen LogP contribution >= 0.6 is 11.8 Å². The van der Waals surface area contributed by atoms with Gasteiger partial charge in [0.05, 0.1) is 0 Å². The highest BCUT2D eigenvalue weighted by atomic mass is 32.2. The van der Waals surface area contributed by atoms with Crippen molar-refractivity contribution in [3.63, 3.8) is 0 Å². The Labute approximate surface area is 75.1 Å². The maximum absolute atomic E-state index is 5.87. The maximum atomic E-state index is 5.87. The monoisotopic (exact) mass is 175 g/mol. The van der Waals surface area contributed by atoms with Gasteiger partial charge in [0.15, 0.2) is 0 Å². The molecule has 0 aliphatic carbocycles. The van der Waals surface area contributed by atoms with Gasteiger partial charge in [0, 0.05) is 6.04 Å². The molecule has 68 valence electrons. The van der Waals surface area contributed by atoms with Gasteiger partial charge in [-0.1, -0.05) is 13.8 Å². The Morgan fingerprint density at radius 1 is 1.27 bits per heavy atom. The summed E-state index contributed by atoms with van der Waals surface area (Å²) in [6.45, 7) is 6.63. The Hall–Kier alpha value is 0.310. The normalized spacial score (nSPS) is 16.9. The Morgan fingerprint density at radius 2 is 1.82 bits per heavy atom.